The lowest BCUT2D eigenvalue weighted by Gasteiger charge is -2.21. The highest BCUT2D eigenvalue weighted by atomic mass is 16.1. The first-order valence-electron chi connectivity index (χ1n) is 8.79. The largest absolute Gasteiger partial charge is 0.350 e. The molecule has 6 nitrogen and oxygen atoms in total. The van der Waals surface area contributed by atoms with Crippen molar-refractivity contribution in [3.63, 3.8) is 0 Å². The van der Waals surface area contributed by atoms with Gasteiger partial charge in [0, 0.05) is 17.8 Å². The Morgan fingerprint density at radius 3 is 2.36 bits per heavy atom. The summed E-state index contributed by atoms with van der Waals surface area (Å²) in [6.45, 7) is 16.5. The van der Waals surface area contributed by atoms with Crippen LogP contribution in [-0.2, 0) is 5.54 Å². The average Bonchev–Trinajstić information content (AvgIpc) is 2.80. The fourth-order valence-corrected chi connectivity index (χ4v) is 2.65. The predicted molar refractivity (Wildman–Crippen MR) is 102 cm³/mol. The molecule has 2 aromatic heterocycles. The summed E-state index contributed by atoms with van der Waals surface area (Å²) in [6, 6.07) is 1.88. The lowest BCUT2D eigenvalue weighted by molar-refractivity contribution is 0.0947. The number of nitrogens with one attached hydrogen (secondary N) is 1. The van der Waals surface area contributed by atoms with Gasteiger partial charge in [0.1, 0.15) is 0 Å². The molecule has 0 spiro atoms. The summed E-state index contributed by atoms with van der Waals surface area (Å²) in [7, 11) is 0. The molecule has 0 unspecified atom stereocenters. The number of hydrogen-bond acceptors (Lipinski definition) is 4. The number of aromatic nitrogens is 3. The van der Waals surface area contributed by atoms with Crippen LogP contribution in [0.1, 0.15) is 76.1 Å². The minimum absolute atomic E-state index is 0.135. The van der Waals surface area contributed by atoms with Crippen molar-refractivity contribution < 1.29 is 4.79 Å². The highest BCUT2D eigenvalue weighted by molar-refractivity contribution is 6.06. The van der Waals surface area contributed by atoms with Crippen molar-refractivity contribution in [3.05, 3.63) is 23.0 Å². The third-order valence-electron chi connectivity index (χ3n) is 4.01. The van der Waals surface area contributed by atoms with Gasteiger partial charge in [-0.15, -0.1) is 0 Å². The average molecular weight is 345 g/mol. The molecule has 1 amide bonds. The van der Waals surface area contributed by atoms with E-state index in [-0.39, 0.29) is 17.4 Å². The Hall–Kier alpha value is -1.95. The fraction of sp³-hybridized carbons (Fsp3) is 0.632. The molecule has 0 aliphatic rings. The summed E-state index contributed by atoms with van der Waals surface area (Å²) in [5.41, 5.74) is 8.38. The zero-order chi connectivity index (χ0) is 19.2. The Morgan fingerprint density at radius 2 is 1.88 bits per heavy atom. The van der Waals surface area contributed by atoms with Crippen molar-refractivity contribution in [1.29, 1.82) is 0 Å². The smallest absolute Gasteiger partial charge is 0.252 e. The molecule has 0 aromatic carbocycles. The summed E-state index contributed by atoms with van der Waals surface area (Å²) in [4.78, 5) is 17.7. The highest BCUT2D eigenvalue weighted by Crippen LogP contribution is 2.28. The number of rotatable bonds is 4. The molecule has 138 valence electrons. The molecule has 0 saturated heterocycles. The molecule has 2 rings (SSSR count). The maximum Gasteiger partial charge on any atom is 0.252 e. The first-order chi connectivity index (χ1) is 11.3. The van der Waals surface area contributed by atoms with Crippen LogP contribution in [0.25, 0.3) is 11.0 Å². The van der Waals surface area contributed by atoms with E-state index < -0.39 is 5.54 Å². The van der Waals surface area contributed by atoms with Gasteiger partial charge in [-0.2, -0.15) is 5.10 Å². The van der Waals surface area contributed by atoms with E-state index >= 15 is 0 Å². The van der Waals surface area contributed by atoms with Gasteiger partial charge in [-0.1, -0.05) is 13.8 Å². The van der Waals surface area contributed by atoms with Gasteiger partial charge in [0.05, 0.1) is 22.2 Å². The Kier molecular flexibility index (Phi) is 4.97. The number of carbonyl (C=O) groups is 1. The van der Waals surface area contributed by atoms with Crippen molar-refractivity contribution in [1.82, 2.24) is 20.1 Å². The van der Waals surface area contributed by atoms with Crippen LogP contribution in [0.4, 0.5) is 0 Å². The second kappa shape index (κ2) is 6.41. The van der Waals surface area contributed by atoms with E-state index in [1.807, 2.05) is 31.5 Å². The second-order valence-corrected chi connectivity index (χ2v) is 8.79. The molecule has 2 aromatic rings. The first-order valence-corrected chi connectivity index (χ1v) is 8.79. The number of fused-ring (bicyclic) bond motifs is 1. The lowest BCUT2D eigenvalue weighted by atomic mass is 10.0. The van der Waals surface area contributed by atoms with Crippen LogP contribution >= 0.6 is 0 Å². The SMILES string of the molecule is Cc1nn(C(C)(C)C)c2nc(C(C)C)cc(C(=O)NCC(C)(C)N)c12. The number of nitrogens with zero attached hydrogens (tertiary/aromatic N) is 3. The van der Waals surface area contributed by atoms with E-state index in [4.69, 9.17) is 10.7 Å². The van der Waals surface area contributed by atoms with Gasteiger partial charge in [0.15, 0.2) is 5.65 Å². The quantitative estimate of drug-likeness (QED) is 0.891. The molecule has 6 heteroatoms. The third kappa shape index (κ3) is 4.18. The van der Waals surface area contributed by atoms with Crippen LogP contribution in [-0.4, -0.2) is 32.8 Å². The number of aryl methyl sites for hydroxylation is 1. The van der Waals surface area contributed by atoms with Crippen molar-refractivity contribution in [2.45, 2.75) is 72.4 Å². The lowest BCUT2D eigenvalue weighted by Crippen LogP contribution is -2.45. The standard InChI is InChI=1S/C19H31N5O/c1-11(2)14-9-13(17(25)21-10-19(7,8)20)15-12(3)23-24(16(15)22-14)18(4,5)6/h9,11H,10,20H2,1-8H3,(H,21,25). The van der Waals surface area contributed by atoms with Crippen LogP contribution < -0.4 is 11.1 Å². The van der Waals surface area contributed by atoms with Gasteiger partial charge in [-0.3, -0.25) is 4.79 Å². The zero-order valence-corrected chi connectivity index (χ0v) is 16.7. The van der Waals surface area contributed by atoms with Gasteiger partial charge < -0.3 is 11.1 Å². The van der Waals surface area contributed by atoms with Crippen LogP contribution in [0.5, 0.6) is 0 Å². The number of amides is 1. The molecular formula is C19H31N5O. The molecule has 25 heavy (non-hydrogen) atoms. The summed E-state index contributed by atoms with van der Waals surface area (Å²) in [5.74, 6) is 0.0786. The van der Waals surface area contributed by atoms with Crippen molar-refractivity contribution in [3.8, 4) is 0 Å². The van der Waals surface area contributed by atoms with Gasteiger partial charge in [-0.25, -0.2) is 9.67 Å². The molecule has 3 N–H and O–H groups in total. The van der Waals surface area contributed by atoms with Crippen LogP contribution in [0.15, 0.2) is 6.07 Å². The molecule has 0 fully saturated rings. The van der Waals surface area contributed by atoms with Gasteiger partial charge >= 0.3 is 0 Å². The Labute approximate surface area is 150 Å². The molecule has 0 aliphatic carbocycles. The first kappa shape index (κ1) is 19.4. The number of nitrogens with two attached hydrogens (primary N) is 1. The fourth-order valence-electron chi connectivity index (χ4n) is 2.65. The Morgan fingerprint density at radius 1 is 1.28 bits per heavy atom. The second-order valence-electron chi connectivity index (χ2n) is 8.79. The van der Waals surface area contributed by atoms with E-state index in [2.05, 4.69) is 45.0 Å². The van der Waals surface area contributed by atoms with Gasteiger partial charge in [0.25, 0.3) is 5.91 Å². The van der Waals surface area contributed by atoms with Gasteiger partial charge in [0.2, 0.25) is 0 Å². The number of hydrogen-bond donors (Lipinski definition) is 2. The van der Waals surface area contributed by atoms with Crippen LogP contribution in [0.3, 0.4) is 0 Å². The van der Waals surface area contributed by atoms with Crippen LogP contribution in [0, 0.1) is 6.92 Å². The molecule has 0 saturated carbocycles. The third-order valence-corrected chi connectivity index (χ3v) is 4.01. The zero-order valence-electron chi connectivity index (χ0n) is 16.7. The summed E-state index contributed by atoms with van der Waals surface area (Å²) in [6.07, 6.45) is 0. The Bertz CT molecular complexity index is 791. The molecule has 0 radical (unpaired) electrons. The Balaban J connectivity index is 2.66. The maximum atomic E-state index is 12.9. The number of pyridine rings is 1. The minimum Gasteiger partial charge on any atom is -0.350 e. The predicted octanol–water partition coefficient (Wildman–Crippen LogP) is 3.09. The van der Waals surface area contributed by atoms with Crippen molar-refractivity contribution in [2.24, 2.45) is 5.73 Å². The topological polar surface area (TPSA) is 85.8 Å². The summed E-state index contributed by atoms with van der Waals surface area (Å²) < 4.78 is 1.91. The molecule has 0 aliphatic heterocycles. The highest BCUT2D eigenvalue weighted by Gasteiger charge is 2.25. The molecular weight excluding hydrogens is 314 g/mol. The van der Waals surface area contributed by atoms with E-state index in [0.717, 1.165) is 22.4 Å². The molecule has 0 atom stereocenters. The summed E-state index contributed by atoms with van der Waals surface area (Å²) >= 11 is 0. The van der Waals surface area contributed by atoms with Crippen LogP contribution in [0.2, 0.25) is 0 Å². The normalized spacial score (nSPS) is 12.9. The summed E-state index contributed by atoms with van der Waals surface area (Å²) in [5, 5.41) is 8.42. The maximum absolute atomic E-state index is 12.9. The van der Waals surface area contributed by atoms with E-state index in [0.29, 0.717) is 12.1 Å². The monoisotopic (exact) mass is 345 g/mol. The van der Waals surface area contributed by atoms with E-state index in [1.165, 1.54) is 0 Å². The van der Waals surface area contributed by atoms with Crippen molar-refractivity contribution >= 4 is 16.9 Å². The van der Waals surface area contributed by atoms with Crippen molar-refractivity contribution in [2.75, 3.05) is 6.54 Å². The van der Waals surface area contributed by atoms with E-state index in [1.54, 1.807) is 0 Å². The van der Waals surface area contributed by atoms with Gasteiger partial charge in [-0.05, 0) is 53.5 Å². The number of carbonyl (C=O) groups excluding carboxylic acids is 1. The minimum atomic E-state index is -0.465. The molecule has 2 heterocycles. The van der Waals surface area contributed by atoms with E-state index in [9.17, 15) is 4.79 Å². The molecule has 0 bridgehead atoms.